The first-order chi connectivity index (χ1) is 12.7. The number of esters is 1. The van der Waals surface area contributed by atoms with Gasteiger partial charge < -0.3 is 23.7 Å². The quantitative estimate of drug-likeness (QED) is 0.731. The average Bonchev–Trinajstić information content (AvgIpc) is 2.95. The van der Waals surface area contributed by atoms with Crippen molar-refractivity contribution in [2.24, 2.45) is 0 Å². The first kappa shape index (κ1) is 19.4. The number of hydrogen-bond acceptors (Lipinski definition) is 7. The van der Waals surface area contributed by atoms with Crippen LogP contribution in [0.1, 0.15) is 33.3 Å². The molecule has 1 fully saturated rings. The van der Waals surface area contributed by atoms with E-state index >= 15 is 0 Å². The number of hydrogen-bond donors (Lipinski definition) is 0. The van der Waals surface area contributed by atoms with Crippen LogP contribution in [0.3, 0.4) is 0 Å². The summed E-state index contributed by atoms with van der Waals surface area (Å²) in [6, 6.07) is 7.37. The Balaban J connectivity index is 1.85. The second kappa shape index (κ2) is 7.32. The maximum Gasteiger partial charge on any atom is 0.303 e. The number of ether oxygens (including phenoxy) is 5. The van der Waals surface area contributed by atoms with Gasteiger partial charge in [0.15, 0.2) is 23.8 Å². The molecule has 7 heteroatoms. The van der Waals surface area contributed by atoms with E-state index in [1.54, 1.807) is 27.9 Å². The number of Topliss-reactive ketones (excluding diaryl/α,β-unsaturated/α-hetero) is 1. The van der Waals surface area contributed by atoms with Crippen molar-refractivity contribution >= 4 is 11.8 Å². The minimum Gasteiger partial charge on any atom is -0.497 e. The van der Waals surface area contributed by atoms with Gasteiger partial charge in [0, 0.05) is 12.5 Å². The summed E-state index contributed by atoms with van der Waals surface area (Å²) in [7, 11) is 1.60. The molecular formula is C20H24O7. The summed E-state index contributed by atoms with van der Waals surface area (Å²) in [5, 5.41) is 0. The predicted molar refractivity (Wildman–Crippen MR) is 94.9 cm³/mol. The number of benzene rings is 1. The van der Waals surface area contributed by atoms with Crippen LogP contribution in [-0.2, 0) is 35.1 Å². The summed E-state index contributed by atoms with van der Waals surface area (Å²) in [5.41, 5.74) is 1.26. The summed E-state index contributed by atoms with van der Waals surface area (Å²) < 4.78 is 28.1. The van der Waals surface area contributed by atoms with Gasteiger partial charge in [-0.05, 0) is 38.5 Å². The highest BCUT2D eigenvalue weighted by Gasteiger charge is 2.55. The van der Waals surface area contributed by atoms with Gasteiger partial charge in [0.25, 0.3) is 0 Å². The van der Waals surface area contributed by atoms with Crippen LogP contribution in [0.4, 0.5) is 0 Å². The van der Waals surface area contributed by atoms with E-state index in [4.69, 9.17) is 23.7 Å². The Morgan fingerprint density at radius 3 is 2.44 bits per heavy atom. The smallest absolute Gasteiger partial charge is 0.303 e. The Morgan fingerprint density at radius 1 is 1.19 bits per heavy atom. The molecule has 0 aromatic heterocycles. The second-order valence-corrected chi connectivity index (χ2v) is 7.04. The molecule has 0 bridgehead atoms. The van der Waals surface area contributed by atoms with E-state index in [-0.39, 0.29) is 12.4 Å². The van der Waals surface area contributed by atoms with Crippen LogP contribution in [-0.4, -0.2) is 43.0 Å². The summed E-state index contributed by atoms with van der Waals surface area (Å²) in [5.74, 6) is -0.622. The van der Waals surface area contributed by atoms with Gasteiger partial charge in [-0.2, -0.15) is 0 Å². The maximum absolute atomic E-state index is 12.7. The number of fused-ring (bicyclic) bond motifs is 1. The van der Waals surface area contributed by atoms with Crippen molar-refractivity contribution in [1.82, 2.24) is 0 Å². The number of rotatable bonds is 5. The molecule has 1 saturated heterocycles. The standard InChI is InChI=1S/C20H24O7/c1-11-15(22)17-19(27-20(3,4)26-17)18(25-12(2)21)16(11)24-10-13-6-8-14(23-5)9-7-13/h6-9,17-19H,10H2,1-5H3/t17-,18-,19-/m1/s1. The number of carbonyl (C=O) groups excluding carboxylic acids is 2. The van der Waals surface area contributed by atoms with Crippen molar-refractivity contribution in [1.29, 1.82) is 0 Å². The molecule has 0 spiro atoms. The highest BCUT2D eigenvalue weighted by atomic mass is 16.8. The van der Waals surface area contributed by atoms with Crippen molar-refractivity contribution in [2.75, 3.05) is 7.11 Å². The van der Waals surface area contributed by atoms with Crippen LogP contribution in [0.2, 0.25) is 0 Å². The topological polar surface area (TPSA) is 80.3 Å². The van der Waals surface area contributed by atoms with Crippen molar-refractivity contribution < 1.29 is 33.3 Å². The molecule has 27 heavy (non-hydrogen) atoms. The van der Waals surface area contributed by atoms with Gasteiger partial charge in [-0.25, -0.2) is 0 Å². The third-order valence-electron chi connectivity index (χ3n) is 4.53. The minimum atomic E-state index is -0.949. The van der Waals surface area contributed by atoms with E-state index in [2.05, 4.69) is 0 Å². The molecule has 0 N–H and O–H groups in total. The molecule has 1 aromatic rings. The van der Waals surface area contributed by atoms with E-state index in [1.165, 1.54) is 6.92 Å². The largest absolute Gasteiger partial charge is 0.497 e. The van der Waals surface area contributed by atoms with E-state index in [0.29, 0.717) is 11.3 Å². The fourth-order valence-corrected chi connectivity index (χ4v) is 3.28. The van der Waals surface area contributed by atoms with Crippen LogP contribution in [0.5, 0.6) is 5.75 Å². The van der Waals surface area contributed by atoms with Crippen molar-refractivity contribution in [3.05, 3.63) is 41.2 Å². The number of carbonyl (C=O) groups is 2. The van der Waals surface area contributed by atoms with Crippen molar-refractivity contribution in [3.8, 4) is 5.75 Å². The Labute approximate surface area is 158 Å². The third kappa shape index (κ3) is 3.99. The highest BCUT2D eigenvalue weighted by Crippen LogP contribution is 2.39. The molecular weight excluding hydrogens is 352 g/mol. The minimum absolute atomic E-state index is 0.212. The molecule has 0 amide bonds. The normalized spacial score (nSPS) is 26.6. The summed E-state index contributed by atoms with van der Waals surface area (Å²) >= 11 is 0. The van der Waals surface area contributed by atoms with Gasteiger partial charge in [0.05, 0.1) is 7.11 Å². The zero-order chi connectivity index (χ0) is 19.8. The fourth-order valence-electron chi connectivity index (χ4n) is 3.28. The second-order valence-electron chi connectivity index (χ2n) is 7.04. The highest BCUT2D eigenvalue weighted by molar-refractivity contribution is 6.00. The van der Waals surface area contributed by atoms with Gasteiger partial charge in [-0.3, -0.25) is 9.59 Å². The van der Waals surface area contributed by atoms with E-state index < -0.39 is 30.1 Å². The first-order valence-corrected chi connectivity index (χ1v) is 8.75. The summed E-state index contributed by atoms with van der Waals surface area (Å²) in [6.07, 6.45) is -2.41. The van der Waals surface area contributed by atoms with Crippen LogP contribution >= 0.6 is 0 Å². The van der Waals surface area contributed by atoms with Gasteiger partial charge in [0.1, 0.15) is 24.2 Å². The van der Waals surface area contributed by atoms with E-state index in [9.17, 15) is 9.59 Å². The van der Waals surface area contributed by atoms with Gasteiger partial charge in [-0.15, -0.1) is 0 Å². The lowest BCUT2D eigenvalue weighted by Crippen LogP contribution is -2.48. The first-order valence-electron chi connectivity index (χ1n) is 8.75. The van der Waals surface area contributed by atoms with Crippen molar-refractivity contribution in [3.63, 3.8) is 0 Å². The molecule has 0 unspecified atom stereocenters. The lowest BCUT2D eigenvalue weighted by molar-refractivity contribution is -0.169. The molecule has 146 valence electrons. The number of methoxy groups -OCH3 is 1. The number of ketones is 1. The molecule has 1 aliphatic heterocycles. The average molecular weight is 376 g/mol. The zero-order valence-electron chi connectivity index (χ0n) is 16.1. The van der Waals surface area contributed by atoms with Gasteiger partial charge in [0.2, 0.25) is 0 Å². The van der Waals surface area contributed by atoms with Crippen LogP contribution in [0.15, 0.2) is 35.6 Å². The summed E-state index contributed by atoms with van der Waals surface area (Å²) in [4.78, 5) is 24.4. The van der Waals surface area contributed by atoms with Crippen LogP contribution < -0.4 is 4.74 Å². The molecule has 1 heterocycles. The van der Waals surface area contributed by atoms with E-state index in [1.807, 2.05) is 24.3 Å². The molecule has 0 saturated carbocycles. The van der Waals surface area contributed by atoms with Crippen LogP contribution in [0, 0.1) is 0 Å². The molecule has 3 rings (SSSR count). The van der Waals surface area contributed by atoms with Gasteiger partial charge in [-0.1, -0.05) is 12.1 Å². The Bertz CT molecular complexity index is 763. The molecule has 2 aliphatic rings. The van der Waals surface area contributed by atoms with Crippen molar-refractivity contribution in [2.45, 2.75) is 58.4 Å². The Hall–Kier alpha value is -2.38. The van der Waals surface area contributed by atoms with Gasteiger partial charge >= 0.3 is 5.97 Å². The molecule has 1 aliphatic carbocycles. The molecule has 7 nitrogen and oxygen atoms in total. The lowest BCUT2D eigenvalue weighted by atomic mass is 9.90. The Kier molecular flexibility index (Phi) is 5.26. The lowest BCUT2D eigenvalue weighted by Gasteiger charge is -2.32. The van der Waals surface area contributed by atoms with Crippen LogP contribution in [0.25, 0.3) is 0 Å². The Morgan fingerprint density at radius 2 is 1.85 bits per heavy atom. The van der Waals surface area contributed by atoms with E-state index in [0.717, 1.165) is 11.3 Å². The monoisotopic (exact) mass is 376 g/mol. The summed E-state index contributed by atoms with van der Waals surface area (Å²) in [6.45, 7) is 6.60. The zero-order valence-corrected chi connectivity index (χ0v) is 16.1. The predicted octanol–water partition coefficient (Wildman–Crippen LogP) is 2.52. The third-order valence-corrected chi connectivity index (χ3v) is 4.53. The maximum atomic E-state index is 12.7. The molecule has 3 atom stereocenters. The fraction of sp³-hybridized carbons (Fsp3) is 0.500. The SMILES string of the molecule is COc1ccc(COC2=C(C)C(=O)[C@H]3OC(C)(C)O[C@H]3[C@@H]2OC(C)=O)cc1. The molecule has 1 aromatic carbocycles. The molecule has 0 radical (unpaired) electrons.